The molecule has 0 fully saturated rings. The van der Waals surface area contributed by atoms with E-state index in [9.17, 15) is 4.79 Å². The highest BCUT2D eigenvalue weighted by Crippen LogP contribution is 2.12. The number of carbonyl (C=O) groups excluding carboxylic acids is 1. The summed E-state index contributed by atoms with van der Waals surface area (Å²) in [6, 6.07) is 1.59. The molecule has 0 aliphatic heterocycles. The van der Waals surface area contributed by atoms with Crippen LogP contribution in [0.3, 0.4) is 0 Å². The largest absolute Gasteiger partial charge is 0.396 e. The number of nitrogens with one attached hydrogen (secondary N) is 1. The number of pyridine rings is 1. The molecule has 0 aromatic carbocycles. The third-order valence-electron chi connectivity index (χ3n) is 2.49. The Labute approximate surface area is 106 Å². The molecule has 5 heteroatoms. The zero-order valence-electron chi connectivity index (χ0n) is 9.82. The zero-order chi connectivity index (χ0) is 12.7. The molecule has 0 radical (unpaired) electrons. The molecule has 1 aromatic heterocycles. The first-order valence-corrected chi connectivity index (χ1v) is 6.01. The lowest BCUT2D eigenvalue weighted by molar-refractivity contribution is 0.0952. The minimum atomic E-state index is -0.186. The van der Waals surface area contributed by atoms with E-state index in [2.05, 4.69) is 10.3 Å². The summed E-state index contributed by atoms with van der Waals surface area (Å²) in [6.45, 7) is 2.74. The van der Waals surface area contributed by atoms with Crippen molar-refractivity contribution in [2.45, 2.75) is 19.8 Å². The van der Waals surface area contributed by atoms with Crippen molar-refractivity contribution in [1.82, 2.24) is 10.3 Å². The van der Waals surface area contributed by atoms with Gasteiger partial charge in [-0.2, -0.15) is 0 Å². The molecule has 0 saturated carbocycles. The van der Waals surface area contributed by atoms with Crippen molar-refractivity contribution in [2.24, 2.45) is 5.92 Å². The van der Waals surface area contributed by atoms with Gasteiger partial charge in [0.25, 0.3) is 5.91 Å². The Morgan fingerprint density at radius 1 is 1.65 bits per heavy atom. The lowest BCUT2D eigenvalue weighted by atomic mass is 10.1. The van der Waals surface area contributed by atoms with Crippen molar-refractivity contribution in [2.75, 3.05) is 13.2 Å². The Morgan fingerprint density at radius 3 is 3.06 bits per heavy atom. The fourth-order valence-corrected chi connectivity index (χ4v) is 1.60. The summed E-state index contributed by atoms with van der Waals surface area (Å²) in [7, 11) is 0. The number of nitrogens with zero attached hydrogens (tertiary/aromatic N) is 1. The molecule has 0 aliphatic carbocycles. The van der Waals surface area contributed by atoms with Crippen LogP contribution in [0.25, 0.3) is 0 Å². The highest BCUT2D eigenvalue weighted by molar-refractivity contribution is 6.33. The predicted octanol–water partition coefficient (Wildman–Crippen LogP) is 1.87. The Bertz CT molecular complexity index is 371. The molecule has 1 amide bonds. The smallest absolute Gasteiger partial charge is 0.252 e. The number of hydrogen-bond acceptors (Lipinski definition) is 3. The fraction of sp³-hybridized carbons (Fsp3) is 0.500. The van der Waals surface area contributed by atoms with Gasteiger partial charge in [-0.25, -0.2) is 0 Å². The first-order chi connectivity index (χ1) is 8.15. The number of amides is 1. The number of aliphatic hydroxyl groups is 1. The Kier molecular flexibility index (Phi) is 5.94. The third-order valence-corrected chi connectivity index (χ3v) is 2.79. The van der Waals surface area contributed by atoms with Crippen LogP contribution in [0.4, 0.5) is 0 Å². The van der Waals surface area contributed by atoms with Crippen LogP contribution in [0, 0.1) is 5.92 Å². The molecule has 0 saturated heterocycles. The second kappa shape index (κ2) is 7.25. The summed E-state index contributed by atoms with van der Waals surface area (Å²) in [4.78, 5) is 15.5. The van der Waals surface area contributed by atoms with Crippen LogP contribution < -0.4 is 5.32 Å². The van der Waals surface area contributed by atoms with Crippen LogP contribution in [-0.4, -0.2) is 29.1 Å². The maximum atomic E-state index is 11.7. The van der Waals surface area contributed by atoms with Crippen molar-refractivity contribution >= 4 is 17.5 Å². The van der Waals surface area contributed by atoms with E-state index in [1.807, 2.05) is 6.92 Å². The van der Waals surface area contributed by atoms with E-state index >= 15 is 0 Å². The molecular formula is C12H17ClN2O2. The van der Waals surface area contributed by atoms with Crippen LogP contribution in [-0.2, 0) is 0 Å². The third kappa shape index (κ3) is 4.71. The molecule has 0 bridgehead atoms. The van der Waals surface area contributed by atoms with E-state index in [1.54, 1.807) is 6.07 Å². The molecule has 1 heterocycles. The van der Waals surface area contributed by atoms with Gasteiger partial charge in [0, 0.05) is 25.5 Å². The quantitative estimate of drug-likeness (QED) is 0.764. The average Bonchev–Trinajstić information content (AvgIpc) is 2.34. The van der Waals surface area contributed by atoms with Gasteiger partial charge < -0.3 is 10.4 Å². The van der Waals surface area contributed by atoms with E-state index in [-0.39, 0.29) is 18.4 Å². The van der Waals surface area contributed by atoms with Gasteiger partial charge in [0.2, 0.25) is 0 Å². The Hall–Kier alpha value is -1.13. The number of aromatic nitrogens is 1. The summed E-state index contributed by atoms with van der Waals surface area (Å²) in [6.07, 6.45) is 4.72. The zero-order valence-corrected chi connectivity index (χ0v) is 10.6. The molecule has 1 rings (SSSR count). The van der Waals surface area contributed by atoms with Crippen molar-refractivity contribution in [1.29, 1.82) is 0 Å². The topological polar surface area (TPSA) is 62.2 Å². The fourth-order valence-electron chi connectivity index (χ4n) is 1.40. The molecule has 0 spiro atoms. The molecule has 4 nitrogen and oxygen atoms in total. The van der Waals surface area contributed by atoms with Gasteiger partial charge in [-0.05, 0) is 24.8 Å². The van der Waals surface area contributed by atoms with Crippen LogP contribution in [0.1, 0.15) is 30.1 Å². The predicted molar refractivity (Wildman–Crippen MR) is 67.1 cm³/mol. The minimum Gasteiger partial charge on any atom is -0.396 e. The van der Waals surface area contributed by atoms with Gasteiger partial charge >= 0.3 is 0 Å². The summed E-state index contributed by atoms with van der Waals surface area (Å²) in [5.74, 6) is 0.0884. The maximum Gasteiger partial charge on any atom is 0.252 e. The van der Waals surface area contributed by atoms with Crippen LogP contribution in [0.2, 0.25) is 5.02 Å². The Morgan fingerprint density at radius 2 is 2.41 bits per heavy atom. The highest BCUT2D eigenvalue weighted by atomic mass is 35.5. The van der Waals surface area contributed by atoms with E-state index in [1.165, 1.54) is 12.4 Å². The van der Waals surface area contributed by atoms with Crippen molar-refractivity contribution in [3.8, 4) is 0 Å². The van der Waals surface area contributed by atoms with Crippen molar-refractivity contribution < 1.29 is 9.90 Å². The maximum absolute atomic E-state index is 11.7. The normalized spacial score (nSPS) is 12.2. The van der Waals surface area contributed by atoms with Gasteiger partial charge in [-0.1, -0.05) is 18.5 Å². The standard InChI is InChI=1S/C12H17ClN2O2/c1-9(8-16)3-2-5-15-12(17)10-4-6-14-7-11(10)13/h4,6-7,9,16H,2-3,5,8H2,1H3,(H,15,17). The second-order valence-corrected chi connectivity index (χ2v) is 4.45. The summed E-state index contributed by atoms with van der Waals surface area (Å²) >= 11 is 5.85. The van der Waals surface area contributed by atoms with E-state index in [0.29, 0.717) is 17.1 Å². The second-order valence-electron chi connectivity index (χ2n) is 4.04. The van der Waals surface area contributed by atoms with Gasteiger partial charge in [-0.3, -0.25) is 9.78 Å². The molecule has 94 valence electrons. The molecule has 1 unspecified atom stereocenters. The molecule has 2 N–H and O–H groups in total. The minimum absolute atomic E-state index is 0.185. The van der Waals surface area contributed by atoms with Crippen LogP contribution >= 0.6 is 11.6 Å². The molecule has 1 aromatic rings. The number of halogens is 1. The SMILES string of the molecule is CC(CO)CCCNC(=O)c1ccncc1Cl. The first kappa shape index (κ1) is 13.9. The Balaban J connectivity index is 2.33. The van der Waals surface area contributed by atoms with Gasteiger partial charge in [0.1, 0.15) is 0 Å². The molecule has 1 atom stereocenters. The first-order valence-electron chi connectivity index (χ1n) is 5.63. The average molecular weight is 257 g/mol. The monoisotopic (exact) mass is 256 g/mol. The van der Waals surface area contributed by atoms with Gasteiger partial charge in [0.05, 0.1) is 10.6 Å². The van der Waals surface area contributed by atoms with Crippen LogP contribution in [0.15, 0.2) is 18.5 Å². The molecular weight excluding hydrogens is 240 g/mol. The van der Waals surface area contributed by atoms with Crippen molar-refractivity contribution in [3.63, 3.8) is 0 Å². The van der Waals surface area contributed by atoms with Gasteiger partial charge in [-0.15, -0.1) is 0 Å². The highest BCUT2D eigenvalue weighted by Gasteiger charge is 2.09. The van der Waals surface area contributed by atoms with Crippen molar-refractivity contribution in [3.05, 3.63) is 29.0 Å². The lowest BCUT2D eigenvalue weighted by Gasteiger charge is -2.09. The molecule has 17 heavy (non-hydrogen) atoms. The lowest BCUT2D eigenvalue weighted by Crippen LogP contribution is -2.25. The van der Waals surface area contributed by atoms with E-state index < -0.39 is 0 Å². The number of rotatable bonds is 6. The molecule has 0 aliphatic rings. The van der Waals surface area contributed by atoms with E-state index in [4.69, 9.17) is 16.7 Å². The summed E-state index contributed by atoms with van der Waals surface area (Å²) in [5.41, 5.74) is 0.442. The summed E-state index contributed by atoms with van der Waals surface area (Å²) in [5, 5.41) is 12.0. The van der Waals surface area contributed by atoms with E-state index in [0.717, 1.165) is 12.8 Å². The number of hydrogen-bond donors (Lipinski definition) is 2. The summed E-state index contributed by atoms with van der Waals surface area (Å²) < 4.78 is 0. The van der Waals surface area contributed by atoms with Crippen LogP contribution in [0.5, 0.6) is 0 Å². The number of carbonyl (C=O) groups is 1. The number of aliphatic hydroxyl groups excluding tert-OH is 1. The van der Waals surface area contributed by atoms with Gasteiger partial charge in [0.15, 0.2) is 0 Å².